The van der Waals surface area contributed by atoms with Gasteiger partial charge in [0.2, 0.25) is 0 Å². The zero-order valence-corrected chi connectivity index (χ0v) is 19.8. The lowest BCUT2D eigenvalue weighted by molar-refractivity contribution is 0.0436. The van der Waals surface area contributed by atoms with Crippen molar-refractivity contribution in [1.29, 1.82) is 0 Å². The van der Waals surface area contributed by atoms with Gasteiger partial charge in [0.15, 0.2) is 0 Å². The highest BCUT2D eigenvalue weighted by Gasteiger charge is 2.50. The molecule has 3 aliphatic carbocycles. The van der Waals surface area contributed by atoms with Crippen molar-refractivity contribution in [3.8, 4) is 0 Å². The van der Waals surface area contributed by atoms with E-state index < -0.39 is 17.8 Å². The molecule has 0 amide bonds. The minimum Gasteiger partial charge on any atom is -0.393 e. The molecule has 3 heteroatoms. The lowest BCUT2D eigenvalue weighted by Gasteiger charge is -2.44. The van der Waals surface area contributed by atoms with Crippen LogP contribution in [-0.4, -0.2) is 33.1 Å². The maximum Gasteiger partial charge on any atom is 0.0651 e. The average Bonchev–Trinajstić information content (AvgIpc) is 3.00. The number of allylic oxidation sites excluding steroid dienone is 4. The van der Waals surface area contributed by atoms with Gasteiger partial charge in [-0.3, -0.25) is 0 Å². The summed E-state index contributed by atoms with van der Waals surface area (Å²) in [5.74, 6) is 2.00. The van der Waals surface area contributed by atoms with Crippen LogP contribution in [0.1, 0.15) is 86.0 Å². The van der Waals surface area contributed by atoms with E-state index in [2.05, 4.69) is 45.1 Å². The average molecular weight is 417 g/mol. The second-order valence-electron chi connectivity index (χ2n) is 11.3. The molecule has 3 nitrogen and oxygen atoms in total. The van der Waals surface area contributed by atoms with E-state index in [9.17, 15) is 15.3 Å². The fraction of sp³-hybridized carbons (Fsp3) is 0.778. The molecule has 0 aromatic carbocycles. The number of fused-ring (bicyclic) bond motifs is 1. The van der Waals surface area contributed by atoms with E-state index in [0.717, 1.165) is 0 Å². The molecule has 3 fully saturated rings. The minimum absolute atomic E-state index is 0.152. The van der Waals surface area contributed by atoms with E-state index in [4.69, 9.17) is 0 Å². The standard InChI is InChI=1S/C27H44O3/c1-18(8-9-19(2)26(3,4)30)24-12-13-25-21(7-6-14-27(24,25)5)11-10-20-15-22(28)17-23(29)16-20/h8-11,18-19,22-25,28-30H,6-7,12-17H2,1-5H3/t18-,19+,22?,23?,24-,25+,27-/m1/s1. The molecule has 3 aliphatic rings. The predicted molar refractivity (Wildman–Crippen MR) is 124 cm³/mol. The van der Waals surface area contributed by atoms with Gasteiger partial charge >= 0.3 is 0 Å². The lowest BCUT2D eigenvalue weighted by Crippen LogP contribution is -2.35. The molecule has 7 atom stereocenters. The van der Waals surface area contributed by atoms with Crippen molar-refractivity contribution in [2.75, 3.05) is 0 Å². The van der Waals surface area contributed by atoms with Crippen LogP contribution in [0, 0.1) is 29.1 Å². The van der Waals surface area contributed by atoms with Crippen LogP contribution in [-0.2, 0) is 0 Å². The van der Waals surface area contributed by atoms with E-state index in [0.29, 0.717) is 42.4 Å². The van der Waals surface area contributed by atoms with Crippen LogP contribution in [0.15, 0.2) is 35.5 Å². The summed E-state index contributed by atoms with van der Waals surface area (Å²) < 4.78 is 0. The molecule has 0 saturated heterocycles. The van der Waals surface area contributed by atoms with Crippen LogP contribution in [0.3, 0.4) is 0 Å². The van der Waals surface area contributed by atoms with E-state index >= 15 is 0 Å². The van der Waals surface area contributed by atoms with Crippen LogP contribution in [0.5, 0.6) is 0 Å². The number of aliphatic hydroxyl groups excluding tert-OH is 2. The van der Waals surface area contributed by atoms with E-state index in [1.807, 2.05) is 13.8 Å². The Balaban J connectivity index is 1.73. The zero-order valence-electron chi connectivity index (χ0n) is 19.8. The van der Waals surface area contributed by atoms with Crippen molar-refractivity contribution in [2.45, 2.75) is 104 Å². The Kier molecular flexibility index (Phi) is 7.37. The summed E-state index contributed by atoms with van der Waals surface area (Å²) in [5.41, 5.74) is 2.43. The molecule has 3 N–H and O–H groups in total. The molecular weight excluding hydrogens is 372 g/mol. The van der Waals surface area contributed by atoms with Gasteiger partial charge in [0.05, 0.1) is 17.8 Å². The minimum atomic E-state index is -0.674. The molecule has 30 heavy (non-hydrogen) atoms. The van der Waals surface area contributed by atoms with Crippen LogP contribution in [0.25, 0.3) is 0 Å². The quantitative estimate of drug-likeness (QED) is 0.514. The molecule has 170 valence electrons. The SMILES string of the molecule is C[C@H](C=C[C@H](C)C(C)(C)O)[C@H]1CC[C@H]2C(=CC=C3CC(O)CC(O)C3)CCC[C@]12C. The third-order valence-corrected chi connectivity index (χ3v) is 8.56. The number of hydrogen-bond donors (Lipinski definition) is 3. The normalized spacial score (nSPS) is 38.7. The molecule has 3 saturated carbocycles. The van der Waals surface area contributed by atoms with Gasteiger partial charge in [0, 0.05) is 5.92 Å². The summed E-state index contributed by atoms with van der Waals surface area (Å²) in [7, 11) is 0. The maximum absolute atomic E-state index is 10.2. The summed E-state index contributed by atoms with van der Waals surface area (Å²) in [6.07, 6.45) is 16.5. The second-order valence-corrected chi connectivity index (χ2v) is 11.3. The fourth-order valence-electron chi connectivity index (χ4n) is 6.39. The molecular formula is C27H44O3. The molecule has 0 heterocycles. The van der Waals surface area contributed by atoms with E-state index in [1.54, 1.807) is 5.57 Å². The molecule has 0 aromatic rings. The Hall–Kier alpha value is -0.900. The first-order valence-corrected chi connectivity index (χ1v) is 12.2. The maximum atomic E-state index is 10.2. The first kappa shape index (κ1) is 23.8. The molecule has 3 rings (SSSR count). The lowest BCUT2D eigenvalue weighted by atomic mass is 9.61. The molecule has 0 bridgehead atoms. The van der Waals surface area contributed by atoms with Crippen molar-refractivity contribution >= 4 is 0 Å². The third kappa shape index (κ3) is 5.29. The van der Waals surface area contributed by atoms with Gasteiger partial charge in [-0.25, -0.2) is 0 Å². The van der Waals surface area contributed by atoms with Crippen LogP contribution >= 0.6 is 0 Å². The Morgan fingerprint density at radius 3 is 2.33 bits per heavy atom. The van der Waals surface area contributed by atoms with Crippen LogP contribution in [0.2, 0.25) is 0 Å². The van der Waals surface area contributed by atoms with Gasteiger partial charge in [-0.05, 0) is 88.4 Å². The van der Waals surface area contributed by atoms with E-state index in [1.165, 1.54) is 37.7 Å². The van der Waals surface area contributed by atoms with Gasteiger partial charge in [-0.15, -0.1) is 0 Å². The highest BCUT2D eigenvalue weighted by atomic mass is 16.3. The van der Waals surface area contributed by atoms with Crippen molar-refractivity contribution in [3.05, 3.63) is 35.5 Å². The molecule has 0 aliphatic heterocycles. The van der Waals surface area contributed by atoms with Crippen molar-refractivity contribution in [1.82, 2.24) is 0 Å². The van der Waals surface area contributed by atoms with Gasteiger partial charge in [0.25, 0.3) is 0 Å². The van der Waals surface area contributed by atoms with Crippen LogP contribution in [0.4, 0.5) is 0 Å². The topological polar surface area (TPSA) is 60.7 Å². The van der Waals surface area contributed by atoms with Crippen molar-refractivity contribution < 1.29 is 15.3 Å². The first-order chi connectivity index (χ1) is 14.0. The number of aliphatic hydroxyl groups is 3. The molecule has 0 radical (unpaired) electrons. The number of rotatable bonds is 5. The Labute approximate surface area is 184 Å². The Bertz CT molecular complexity index is 671. The summed E-state index contributed by atoms with van der Waals surface area (Å²) in [6, 6.07) is 0. The summed E-state index contributed by atoms with van der Waals surface area (Å²) in [5, 5.41) is 30.2. The van der Waals surface area contributed by atoms with Crippen LogP contribution < -0.4 is 0 Å². The largest absolute Gasteiger partial charge is 0.393 e. The predicted octanol–water partition coefficient (Wildman–Crippen LogP) is 5.56. The highest BCUT2D eigenvalue weighted by Crippen LogP contribution is 2.59. The van der Waals surface area contributed by atoms with E-state index in [-0.39, 0.29) is 5.92 Å². The molecule has 0 aromatic heterocycles. The van der Waals surface area contributed by atoms with Crippen molar-refractivity contribution in [2.24, 2.45) is 29.1 Å². The Morgan fingerprint density at radius 1 is 1.03 bits per heavy atom. The molecule has 2 unspecified atom stereocenters. The zero-order chi connectivity index (χ0) is 22.1. The summed E-state index contributed by atoms with van der Waals surface area (Å²) in [6.45, 7) is 10.7. The van der Waals surface area contributed by atoms with Gasteiger partial charge in [0.1, 0.15) is 0 Å². The summed E-state index contributed by atoms with van der Waals surface area (Å²) >= 11 is 0. The Morgan fingerprint density at radius 2 is 1.70 bits per heavy atom. The highest BCUT2D eigenvalue weighted by molar-refractivity contribution is 5.26. The molecule has 0 spiro atoms. The number of hydrogen-bond acceptors (Lipinski definition) is 3. The third-order valence-electron chi connectivity index (χ3n) is 8.56. The van der Waals surface area contributed by atoms with Crippen molar-refractivity contribution in [3.63, 3.8) is 0 Å². The monoisotopic (exact) mass is 416 g/mol. The second kappa shape index (κ2) is 9.30. The van der Waals surface area contributed by atoms with Gasteiger partial charge in [-0.1, -0.05) is 56.2 Å². The fourth-order valence-corrected chi connectivity index (χ4v) is 6.39. The first-order valence-electron chi connectivity index (χ1n) is 12.2. The van der Waals surface area contributed by atoms with Gasteiger partial charge in [-0.2, -0.15) is 0 Å². The summed E-state index contributed by atoms with van der Waals surface area (Å²) in [4.78, 5) is 0. The smallest absolute Gasteiger partial charge is 0.0651 e. The van der Waals surface area contributed by atoms with Gasteiger partial charge < -0.3 is 15.3 Å².